The van der Waals surface area contributed by atoms with Crippen LogP contribution in [0.1, 0.15) is 16.7 Å². The summed E-state index contributed by atoms with van der Waals surface area (Å²) in [4.78, 5) is 0. The van der Waals surface area contributed by atoms with Gasteiger partial charge in [0.2, 0.25) is 5.69 Å². The molecule has 2 heteroatoms. The molecule has 0 aliphatic heterocycles. The molecule has 0 aliphatic carbocycles. The van der Waals surface area contributed by atoms with Crippen LogP contribution in [0.2, 0.25) is 0 Å². The fourth-order valence-corrected chi connectivity index (χ4v) is 4.01. The van der Waals surface area contributed by atoms with Gasteiger partial charge < -0.3 is 4.74 Å². The Morgan fingerprint density at radius 3 is 2.50 bits per heavy atom. The predicted octanol–water partition coefficient (Wildman–Crippen LogP) is 5.25. The van der Waals surface area contributed by atoms with Crippen LogP contribution in [0.5, 0.6) is 0 Å². The highest BCUT2D eigenvalue weighted by atomic mass is 16.5. The largest absolute Gasteiger partial charge is 0.380 e. The first-order valence-electron chi connectivity index (χ1n) is 8.99. The molecule has 0 spiro atoms. The summed E-state index contributed by atoms with van der Waals surface area (Å²) >= 11 is 0. The smallest absolute Gasteiger partial charge is 0.220 e. The molecule has 0 aliphatic rings. The molecule has 0 saturated heterocycles. The molecule has 0 atom stereocenters. The topological polar surface area (TPSA) is 13.1 Å². The molecule has 0 radical (unpaired) electrons. The predicted molar refractivity (Wildman–Crippen MR) is 108 cm³/mol. The lowest BCUT2D eigenvalue weighted by molar-refractivity contribution is -0.659. The summed E-state index contributed by atoms with van der Waals surface area (Å²) in [5.74, 6) is 0. The number of aromatic nitrogens is 1. The molecule has 0 unspecified atom stereocenters. The fourth-order valence-electron chi connectivity index (χ4n) is 4.01. The number of fused-ring (bicyclic) bond motifs is 3. The third kappa shape index (κ3) is 2.67. The Balaban J connectivity index is 2.12. The van der Waals surface area contributed by atoms with Crippen LogP contribution < -0.4 is 4.57 Å². The number of hydrogen-bond acceptors (Lipinski definition) is 1. The van der Waals surface area contributed by atoms with Crippen LogP contribution in [0, 0.1) is 13.8 Å². The molecule has 1 heterocycles. The van der Waals surface area contributed by atoms with Crippen LogP contribution in [0.25, 0.3) is 32.8 Å². The molecule has 0 amide bonds. The third-order valence-corrected chi connectivity index (χ3v) is 5.20. The van der Waals surface area contributed by atoms with Crippen molar-refractivity contribution in [3.05, 3.63) is 77.5 Å². The zero-order chi connectivity index (χ0) is 18.3. The van der Waals surface area contributed by atoms with E-state index in [-0.39, 0.29) is 0 Å². The van der Waals surface area contributed by atoms with E-state index in [1.54, 1.807) is 7.11 Å². The van der Waals surface area contributed by atoms with E-state index >= 15 is 0 Å². The number of aryl methyl sites for hydroxylation is 3. The van der Waals surface area contributed by atoms with Crippen molar-refractivity contribution in [2.75, 3.05) is 7.11 Å². The first-order valence-corrected chi connectivity index (χ1v) is 8.99. The second-order valence-electron chi connectivity index (χ2n) is 7.06. The minimum Gasteiger partial charge on any atom is -0.380 e. The molecular weight excluding hydrogens is 318 g/mol. The van der Waals surface area contributed by atoms with E-state index in [2.05, 4.69) is 86.3 Å². The van der Waals surface area contributed by atoms with Crippen LogP contribution in [0.4, 0.5) is 0 Å². The van der Waals surface area contributed by atoms with Crippen molar-refractivity contribution in [1.82, 2.24) is 0 Å². The molecular formula is C24H24NO+. The first-order chi connectivity index (χ1) is 12.6. The van der Waals surface area contributed by atoms with Crippen LogP contribution in [-0.2, 0) is 18.4 Å². The molecule has 3 aromatic carbocycles. The van der Waals surface area contributed by atoms with Gasteiger partial charge in [-0.3, -0.25) is 0 Å². The third-order valence-electron chi connectivity index (χ3n) is 5.20. The Bertz CT molecular complexity index is 1130. The summed E-state index contributed by atoms with van der Waals surface area (Å²) in [6.45, 7) is 4.95. The minimum atomic E-state index is 0.616. The van der Waals surface area contributed by atoms with Gasteiger partial charge in [0.15, 0.2) is 6.20 Å². The van der Waals surface area contributed by atoms with Crippen molar-refractivity contribution in [2.24, 2.45) is 7.05 Å². The lowest BCUT2D eigenvalue weighted by Crippen LogP contribution is -2.31. The van der Waals surface area contributed by atoms with Crippen LogP contribution >= 0.6 is 0 Å². The molecule has 26 heavy (non-hydrogen) atoms. The van der Waals surface area contributed by atoms with Gasteiger partial charge in [0.1, 0.15) is 7.05 Å². The molecule has 0 bridgehead atoms. The highest BCUT2D eigenvalue weighted by molar-refractivity contribution is 6.10. The first kappa shape index (κ1) is 16.7. The van der Waals surface area contributed by atoms with Crippen molar-refractivity contribution >= 4 is 21.5 Å². The summed E-state index contributed by atoms with van der Waals surface area (Å²) < 4.78 is 7.75. The SMILES string of the molecule is COCc1c(C)cc(C)cc1-c1c2ccc3ccccc3c2cc[n+]1C. The normalized spacial score (nSPS) is 11.4. The Labute approximate surface area is 154 Å². The van der Waals surface area contributed by atoms with Crippen molar-refractivity contribution < 1.29 is 9.30 Å². The summed E-state index contributed by atoms with van der Waals surface area (Å²) in [6, 6.07) is 19.8. The van der Waals surface area contributed by atoms with Crippen molar-refractivity contribution in [3.8, 4) is 11.3 Å². The quantitative estimate of drug-likeness (QED) is 0.366. The molecule has 130 valence electrons. The van der Waals surface area contributed by atoms with Crippen molar-refractivity contribution in [3.63, 3.8) is 0 Å². The van der Waals surface area contributed by atoms with E-state index in [0.717, 1.165) is 0 Å². The van der Waals surface area contributed by atoms with E-state index in [9.17, 15) is 0 Å². The van der Waals surface area contributed by atoms with Crippen molar-refractivity contribution in [1.29, 1.82) is 0 Å². The van der Waals surface area contributed by atoms with Gasteiger partial charge in [-0.1, -0.05) is 42.0 Å². The Kier molecular flexibility index (Phi) is 4.21. The molecule has 2 nitrogen and oxygen atoms in total. The van der Waals surface area contributed by atoms with E-state index in [1.165, 1.54) is 49.5 Å². The highest BCUT2D eigenvalue weighted by Gasteiger charge is 2.20. The van der Waals surface area contributed by atoms with Crippen LogP contribution in [0.3, 0.4) is 0 Å². The van der Waals surface area contributed by atoms with Gasteiger partial charge in [0.05, 0.1) is 17.6 Å². The van der Waals surface area contributed by atoms with Gasteiger partial charge in [-0.05, 0) is 47.9 Å². The molecule has 0 fully saturated rings. The maximum Gasteiger partial charge on any atom is 0.220 e. The summed E-state index contributed by atoms with van der Waals surface area (Å²) in [5.41, 5.74) is 6.31. The molecule has 0 saturated carbocycles. The molecule has 4 aromatic rings. The zero-order valence-corrected chi connectivity index (χ0v) is 15.8. The number of benzene rings is 3. The fraction of sp³-hybridized carbons (Fsp3) is 0.208. The van der Waals surface area contributed by atoms with Gasteiger partial charge >= 0.3 is 0 Å². The number of methoxy groups -OCH3 is 1. The average molecular weight is 342 g/mol. The van der Waals surface area contributed by atoms with Crippen molar-refractivity contribution in [2.45, 2.75) is 20.5 Å². The highest BCUT2D eigenvalue weighted by Crippen LogP contribution is 2.34. The van der Waals surface area contributed by atoms with E-state index in [4.69, 9.17) is 4.74 Å². The van der Waals surface area contributed by atoms with E-state index in [0.29, 0.717) is 6.61 Å². The second-order valence-corrected chi connectivity index (χ2v) is 7.06. The molecule has 0 N–H and O–H groups in total. The van der Waals surface area contributed by atoms with E-state index < -0.39 is 0 Å². The Morgan fingerprint density at radius 1 is 0.885 bits per heavy atom. The van der Waals surface area contributed by atoms with Gasteiger partial charge in [-0.15, -0.1) is 0 Å². The zero-order valence-electron chi connectivity index (χ0n) is 15.8. The van der Waals surface area contributed by atoms with Gasteiger partial charge in [0.25, 0.3) is 0 Å². The van der Waals surface area contributed by atoms with Gasteiger partial charge in [-0.2, -0.15) is 0 Å². The van der Waals surface area contributed by atoms with E-state index in [1.807, 2.05) is 0 Å². The van der Waals surface area contributed by atoms with Gasteiger partial charge in [-0.25, -0.2) is 4.57 Å². The van der Waals surface area contributed by atoms with Gasteiger partial charge in [0, 0.05) is 18.6 Å². The average Bonchev–Trinajstić information content (AvgIpc) is 2.63. The Hall–Kier alpha value is -2.71. The molecule has 1 aromatic heterocycles. The molecule has 4 rings (SSSR count). The maximum atomic E-state index is 5.52. The standard InChI is InChI=1S/C24H24NO/c1-16-13-17(2)23(15-26-4)22(14-16)24-21-10-9-18-7-5-6-8-19(18)20(21)11-12-25(24)3/h5-14H,15H2,1-4H3/q+1. The number of pyridine rings is 1. The van der Waals surface area contributed by atoms with Crippen LogP contribution in [-0.4, -0.2) is 7.11 Å². The number of ether oxygens (including phenoxy) is 1. The summed E-state index contributed by atoms with van der Waals surface area (Å²) in [5, 5.41) is 5.14. The number of rotatable bonds is 3. The Morgan fingerprint density at radius 2 is 1.69 bits per heavy atom. The number of hydrogen-bond donors (Lipinski definition) is 0. The lowest BCUT2D eigenvalue weighted by Gasteiger charge is -2.14. The monoisotopic (exact) mass is 342 g/mol. The summed E-state index contributed by atoms with van der Waals surface area (Å²) in [7, 11) is 3.89. The second kappa shape index (κ2) is 6.54. The number of nitrogens with zero attached hydrogens (tertiary/aromatic N) is 1. The van der Waals surface area contributed by atoms with Crippen LogP contribution in [0.15, 0.2) is 60.8 Å². The maximum absolute atomic E-state index is 5.52. The lowest BCUT2D eigenvalue weighted by atomic mass is 9.92. The minimum absolute atomic E-state index is 0.616. The summed E-state index contributed by atoms with van der Waals surface area (Å²) in [6.07, 6.45) is 2.17.